The summed E-state index contributed by atoms with van der Waals surface area (Å²) in [6.07, 6.45) is -0.314. The van der Waals surface area contributed by atoms with Crippen molar-refractivity contribution >= 4 is 0 Å². The summed E-state index contributed by atoms with van der Waals surface area (Å²) in [6.45, 7) is 0.341. The summed E-state index contributed by atoms with van der Waals surface area (Å²) in [7, 11) is 0. The molecule has 3 atom stereocenters. The standard InChI is InChI=1S/C13H14FN3O3/c14-9-3-1-2-8(4-9)10-5-17(16-15-10)11-6-20-7-12(18)13(11)19/h1-5,11-13,18-19H,6-7H2/t11-,12-,13+/m0/s1. The molecule has 1 aliphatic rings. The van der Waals surface area contributed by atoms with Crippen LogP contribution >= 0.6 is 0 Å². The largest absolute Gasteiger partial charge is 0.388 e. The van der Waals surface area contributed by atoms with Gasteiger partial charge in [-0.05, 0) is 12.1 Å². The molecule has 0 spiro atoms. The normalized spacial score (nSPS) is 26.6. The summed E-state index contributed by atoms with van der Waals surface area (Å²) in [6, 6.07) is 5.51. The Balaban J connectivity index is 1.86. The molecule has 1 saturated heterocycles. The molecule has 3 rings (SSSR count). The SMILES string of the molecule is O[C@H]1[C@@H](O)COC[C@@H]1n1cc(-c2cccc(F)c2)nn1. The number of hydrogen-bond acceptors (Lipinski definition) is 5. The molecule has 0 radical (unpaired) electrons. The van der Waals surface area contributed by atoms with Crippen molar-refractivity contribution in [1.29, 1.82) is 0 Å². The second-order valence-electron chi connectivity index (χ2n) is 4.76. The molecule has 0 amide bonds. The predicted octanol–water partition coefficient (Wildman–Crippen LogP) is 0.377. The summed E-state index contributed by atoms with van der Waals surface area (Å²) in [5.74, 6) is -0.353. The van der Waals surface area contributed by atoms with E-state index in [1.54, 1.807) is 18.3 Å². The minimum atomic E-state index is -0.967. The molecule has 6 nitrogen and oxygen atoms in total. The molecule has 1 aliphatic heterocycles. The van der Waals surface area contributed by atoms with E-state index in [0.29, 0.717) is 11.3 Å². The summed E-state index contributed by atoms with van der Waals surface area (Å²) in [5, 5.41) is 27.4. The molecule has 1 aromatic heterocycles. The van der Waals surface area contributed by atoms with E-state index in [0.717, 1.165) is 0 Å². The van der Waals surface area contributed by atoms with E-state index in [-0.39, 0.29) is 19.0 Å². The van der Waals surface area contributed by atoms with Crippen LogP contribution in [0.3, 0.4) is 0 Å². The molecule has 1 aromatic carbocycles. The number of halogens is 1. The Hall–Kier alpha value is -1.83. The predicted molar refractivity (Wildman–Crippen MR) is 67.3 cm³/mol. The molecule has 106 valence electrons. The zero-order chi connectivity index (χ0) is 14.1. The Bertz CT molecular complexity index is 604. The van der Waals surface area contributed by atoms with Crippen molar-refractivity contribution in [3.8, 4) is 11.3 Å². The van der Waals surface area contributed by atoms with Crippen molar-refractivity contribution in [1.82, 2.24) is 15.0 Å². The zero-order valence-electron chi connectivity index (χ0n) is 10.6. The van der Waals surface area contributed by atoms with E-state index in [4.69, 9.17) is 4.74 Å². The fourth-order valence-corrected chi connectivity index (χ4v) is 2.21. The molecule has 2 heterocycles. The molecule has 0 aliphatic carbocycles. The van der Waals surface area contributed by atoms with Gasteiger partial charge in [0.1, 0.15) is 29.8 Å². The Morgan fingerprint density at radius 2 is 2.15 bits per heavy atom. The van der Waals surface area contributed by atoms with Crippen LogP contribution in [0.5, 0.6) is 0 Å². The van der Waals surface area contributed by atoms with Crippen LogP contribution in [0.4, 0.5) is 4.39 Å². The quantitative estimate of drug-likeness (QED) is 0.830. The highest BCUT2D eigenvalue weighted by Gasteiger charge is 2.33. The van der Waals surface area contributed by atoms with Crippen LogP contribution in [0.1, 0.15) is 6.04 Å². The van der Waals surface area contributed by atoms with E-state index in [1.807, 2.05) is 0 Å². The van der Waals surface area contributed by atoms with E-state index in [1.165, 1.54) is 16.8 Å². The van der Waals surface area contributed by atoms with E-state index >= 15 is 0 Å². The second-order valence-corrected chi connectivity index (χ2v) is 4.76. The van der Waals surface area contributed by atoms with E-state index < -0.39 is 18.2 Å². The van der Waals surface area contributed by atoms with Crippen LogP contribution in [0.2, 0.25) is 0 Å². The highest BCUT2D eigenvalue weighted by molar-refractivity contribution is 5.57. The Morgan fingerprint density at radius 1 is 1.30 bits per heavy atom. The van der Waals surface area contributed by atoms with Crippen molar-refractivity contribution in [2.45, 2.75) is 18.2 Å². The first-order chi connectivity index (χ1) is 9.65. The molecule has 2 aromatic rings. The molecule has 0 bridgehead atoms. The summed E-state index contributed by atoms with van der Waals surface area (Å²) in [4.78, 5) is 0. The van der Waals surface area contributed by atoms with Crippen LogP contribution in [-0.2, 0) is 4.74 Å². The monoisotopic (exact) mass is 279 g/mol. The maximum atomic E-state index is 13.2. The molecule has 0 unspecified atom stereocenters. The zero-order valence-corrected chi connectivity index (χ0v) is 10.6. The number of aromatic nitrogens is 3. The average molecular weight is 279 g/mol. The number of nitrogens with zero attached hydrogens (tertiary/aromatic N) is 3. The molecule has 20 heavy (non-hydrogen) atoms. The van der Waals surface area contributed by atoms with Gasteiger partial charge in [-0.1, -0.05) is 17.3 Å². The third-order valence-corrected chi connectivity index (χ3v) is 3.34. The first-order valence-corrected chi connectivity index (χ1v) is 6.27. The van der Waals surface area contributed by atoms with Crippen molar-refractivity contribution in [3.63, 3.8) is 0 Å². The molecular formula is C13H14FN3O3. The van der Waals surface area contributed by atoms with Crippen molar-refractivity contribution in [2.24, 2.45) is 0 Å². The highest BCUT2D eigenvalue weighted by atomic mass is 19.1. The third-order valence-electron chi connectivity index (χ3n) is 3.34. The molecular weight excluding hydrogens is 265 g/mol. The number of ether oxygens (including phenoxy) is 1. The average Bonchev–Trinajstić information content (AvgIpc) is 2.91. The fourth-order valence-electron chi connectivity index (χ4n) is 2.21. The summed E-state index contributed by atoms with van der Waals surface area (Å²) < 4.78 is 19.8. The number of benzene rings is 1. The topological polar surface area (TPSA) is 80.4 Å². The van der Waals surface area contributed by atoms with Crippen LogP contribution in [0.25, 0.3) is 11.3 Å². The molecule has 0 saturated carbocycles. The Labute approximate surface area is 114 Å². The number of aliphatic hydroxyl groups excluding tert-OH is 2. The number of hydrogen-bond donors (Lipinski definition) is 2. The second kappa shape index (κ2) is 5.28. The maximum absolute atomic E-state index is 13.2. The minimum absolute atomic E-state index is 0.100. The first kappa shape index (κ1) is 13.2. The van der Waals surface area contributed by atoms with Gasteiger partial charge in [0.2, 0.25) is 0 Å². The lowest BCUT2D eigenvalue weighted by Gasteiger charge is -2.31. The van der Waals surface area contributed by atoms with Crippen molar-refractivity contribution in [2.75, 3.05) is 13.2 Å². The van der Waals surface area contributed by atoms with E-state index in [9.17, 15) is 14.6 Å². The maximum Gasteiger partial charge on any atom is 0.123 e. The summed E-state index contributed by atoms with van der Waals surface area (Å²) in [5.41, 5.74) is 1.10. The van der Waals surface area contributed by atoms with Crippen molar-refractivity contribution < 1.29 is 19.3 Å². The Morgan fingerprint density at radius 3 is 2.95 bits per heavy atom. The molecule has 2 N–H and O–H groups in total. The van der Waals surface area contributed by atoms with Gasteiger partial charge in [0.05, 0.1) is 19.4 Å². The van der Waals surface area contributed by atoms with Crippen molar-refractivity contribution in [3.05, 3.63) is 36.3 Å². The number of rotatable bonds is 2. The lowest BCUT2D eigenvalue weighted by Crippen LogP contribution is -2.45. The Kier molecular flexibility index (Phi) is 3.47. The van der Waals surface area contributed by atoms with Gasteiger partial charge in [0, 0.05) is 5.56 Å². The van der Waals surface area contributed by atoms with Gasteiger partial charge in [-0.15, -0.1) is 5.10 Å². The van der Waals surface area contributed by atoms with E-state index in [2.05, 4.69) is 10.3 Å². The van der Waals surface area contributed by atoms with Crippen LogP contribution in [-0.4, -0.2) is 50.6 Å². The first-order valence-electron chi connectivity index (χ1n) is 6.27. The van der Waals surface area contributed by atoms with Gasteiger partial charge in [0.25, 0.3) is 0 Å². The third kappa shape index (κ3) is 2.43. The van der Waals surface area contributed by atoms with Gasteiger partial charge >= 0.3 is 0 Å². The lowest BCUT2D eigenvalue weighted by atomic mass is 10.0. The van der Waals surface area contributed by atoms with Crippen LogP contribution in [0, 0.1) is 5.82 Å². The minimum Gasteiger partial charge on any atom is -0.388 e. The smallest absolute Gasteiger partial charge is 0.123 e. The van der Waals surface area contributed by atoms with Crippen LogP contribution in [0.15, 0.2) is 30.5 Å². The van der Waals surface area contributed by atoms with Crippen LogP contribution < -0.4 is 0 Å². The van der Waals surface area contributed by atoms with Gasteiger partial charge in [-0.3, -0.25) is 0 Å². The molecule has 1 fully saturated rings. The number of aliphatic hydroxyl groups is 2. The van der Waals surface area contributed by atoms with Gasteiger partial charge in [-0.25, -0.2) is 9.07 Å². The van der Waals surface area contributed by atoms with Gasteiger partial charge < -0.3 is 14.9 Å². The van der Waals surface area contributed by atoms with Gasteiger partial charge in [-0.2, -0.15) is 0 Å². The summed E-state index contributed by atoms with van der Waals surface area (Å²) >= 11 is 0. The lowest BCUT2D eigenvalue weighted by molar-refractivity contribution is -0.117. The van der Waals surface area contributed by atoms with Gasteiger partial charge in [0.15, 0.2) is 0 Å². The molecule has 7 heteroatoms. The highest BCUT2D eigenvalue weighted by Crippen LogP contribution is 2.23. The fraction of sp³-hybridized carbons (Fsp3) is 0.385.